The fourth-order valence-electron chi connectivity index (χ4n) is 5.55. The number of hydrogen-bond acceptors (Lipinski definition) is 0. The molecule has 0 saturated heterocycles. The number of benzene rings is 3. The van der Waals surface area contributed by atoms with Crippen molar-refractivity contribution in [2.45, 2.75) is 53.4 Å². The minimum Gasteiger partial charge on any atom is -0.307 e. The van der Waals surface area contributed by atoms with Crippen LogP contribution in [0.15, 0.2) is 78.9 Å². The Morgan fingerprint density at radius 2 is 1.29 bits per heavy atom. The van der Waals surface area contributed by atoms with Gasteiger partial charge in [-0.2, -0.15) is 4.57 Å². The molecule has 178 valence electrons. The van der Waals surface area contributed by atoms with Crippen molar-refractivity contribution in [1.82, 2.24) is 9.13 Å². The summed E-state index contributed by atoms with van der Waals surface area (Å²) in [5.74, 6) is 2.04. The molecule has 3 heteroatoms. The number of hydrogen-bond donors (Lipinski definition) is 0. The van der Waals surface area contributed by atoms with Crippen LogP contribution in [0.1, 0.15) is 61.9 Å². The maximum atomic E-state index is 2.52. The van der Waals surface area contributed by atoms with E-state index in [1.165, 1.54) is 56.3 Å². The van der Waals surface area contributed by atoms with E-state index in [4.69, 9.17) is 0 Å². The summed E-state index contributed by atoms with van der Waals surface area (Å²) in [6.07, 6.45) is 0. The van der Waals surface area contributed by atoms with E-state index in [0.29, 0.717) is 11.8 Å². The molecule has 3 aromatic carbocycles. The fraction of sp³-hybridized carbons (Fsp3) is 0.281. The first-order chi connectivity index (χ1) is 16.8. The molecule has 5 aromatic rings. The van der Waals surface area contributed by atoms with Gasteiger partial charge in [0, 0.05) is 5.69 Å². The summed E-state index contributed by atoms with van der Waals surface area (Å²) < 4.78 is 7.29. The quantitative estimate of drug-likeness (QED) is 0.237. The molecule has 2 heterocycles. The third-order valence-corrected chi connectivity index (χ3v) is 7.18. The third-order valence-electron chi connectivity index (χ3n) is 7.18. The van der Waals surface area contributed by atoms with Crippen LogP contribution in [0.25, 0.3) is 33.9 Å². The van der Waals surface area contributed by atoms with E-state index in [1.807, 2.05) is 0 Å². The van der Waals surface area contributed by atoms with Gasteiger partial charge in [0.1, 0.15) is 11.4 Å². The number of imidazole rings is 1. The highest BCUT2D eigenvalue weighted by Crippen LogP contribution is 2.38. The average Bonchev–Trinajstić information content (AvgIpc) is 3.30. The van der Waals surface area contributed by atoms with Gasteiger partial charge in [0.15, 0.2) is 11.0 Å². The molecule has 35 heavy (non-hydrogen) atoms. The van der Waals surface area contributed by atoms with Gasteiger partial charge >= 0.3 is 5.82 Å². The smallest absolute Gasteiger partial charge is 0.307 e. The maximum absolute atomic E-state index is 2.52. The highest BCUT2D eigenvalue weighted by Gasteiger charge is 2.32. The van der Waals surface area contributed by atoms with Gasteiger partial charge in [-0.1, -0.05) is 76.2 Å². The van der Waals surface area contributed by atoms with Gasteiger partial charge in [0.2, 0.25) is 0 Å². The van der Waals surface area contributed by atoms with Crippen molar-refractivity contribution in [2.75, 3.05) is 0 Å². The number of aromatic nitrogens is 3. The Kier molecular flexibility index (Phi) is 5.88. The molecule has 0 saturated carbocycles. The molecule has 0 aliphatic rings. The Balaban J connectivity index is 1.95. The lowest BCUT2D eigenvalue weighted by Crippen LogP contribution is -2.31. The molecule has 0 bridgehead atoms. The highest BCUT2D eigenvalue weighted by atomic mass is 15.2. The topological polar surface area (TPSA) is 13.7 Å². The van der Waals surface area contributed by atoms with Crippen molar-refractivity contribution < 1.29 is 4.57 Å². The third kappa shape index (κ3) is 3.70. The minimum absolute atomic E-state index is 0.424. The molecule has 5 rings (SSSR count). The highest BCUT2D eigenvalue weighted by molar-refractivity contribution is 5.80. The largest absolute Gasteiger partial charge is 0.312 e. The van der Waals surface area contributed by atoms with E-state index in [-0.39, 0.29) is 0 Å². The van der Waals surface area contributed by atoms with Crippen LogP contribution in [-0.4, -0.2) is 9.13 Å². The Morgan fingerprint density at radius 1 is 0.686 bits per heavy atom. The van der Waals surface area contributed by atoms with Crippen LogP contribution in [0.2, 0.25) is 0 Å². The van der Waals surface area contributed by atoms with E-state index in [2.05, 4.69) is 141 Å². The molecule has 0 aliphatic heterocycles. The zero-order valence-electron chi connectivity index (χ0n) is 22.0. The molecule has 3 nitrogen and oxygen atoms in total. The molecule has 0 aliphatic carbocycles. The van der Waals surface area contributed by atoms with Crippen molar-refractivity contribution in [2.24, 2.45) is 7.05 Å². The second-order valence-electron chi connectivity index (χ2n) is 10.3. The predicted molar refractivity (Wildman–Crippen MR) is 147 cm³/mol. The van der Waals surface area contributed by atoms with Crippen LogP contribution in [0.5, 0.6) is 0 Å². The summed E-state index contributed by atoms with van der Waals surface area (Å²) in [7, 11) is 2.20. The van der Waals surface area contributed by atoms with Gasteiger partial charge in [0.05, 0.1) is 12.7 Å². The van der Waals surface area contributed by atoms with E-state index in [1.54, 1.807) is 0 Å². The summed E-state index contributed by atoms with van der Waals surface area (Å²) in [5, 5.41) is 0. The number of rotatable bonds is 5. The molecule has 0 atom stereocenters. The van der Waals surface area contributed by atoms with Crippen molar-refractivity contribution in [3.8, 4) is 22.9 Å². The fourth-order valence-corrected chi connectivity index (χ4v) is 5.55. The van der Waals surface area contributed by atoms with E-state index in [0.717, 1.165) is 0 Å². The van der Waals surface area contributed by atoms with Gasteiger partial charge in [-0.3, -0.25) is 0 Å². The van der Waals surface area contributed by atoms with Gasteiger partial charge < -0.3 is 4.57 Å². The molecular weight excluding hydrogens is 426 g/mol. The lowest BCUT2D eigenvalue weighted by atomic mass is 9.92. The van der Waals surface area contributed by atoms with Crippen LogP contribution in [0.4, 0.5) is 0 Å². The van der Waals surface area contributed by atoms with Crippen LogP contribution in [0, 0.1) is 13.8 Å². The Bertz CT molecular complexity index is 1490. The van der Waals surface area contributed by atoms with Gasteiger partial charge in [-0.05, 0) is 72.7 Å². The number of aryl methyl sites for hydroxylation is 3. The van der Waals surface area contributed by atoms with Gasteiger partial charge in [0.25, 0.3) is 0 Å². The molecule has 2 aromatic heterocycles. The number of fused-ring (bicyclic) bond motifs is 1. The Morgan fingerprint density at radius 3 is 1.91 bits per heavy atom. The van der Waals surface area contributed by atoms with Crippen molar-refractivity contribution in [1.29, 1.82) is 0 Å². The van der Waals surface area contributed by atoms with E-state index < -0.39 is 0 Å². The van der Waals surface area contributed by atoms with Gasteiger partial charge in [-0.15, -0.1) is 0 Å². The molecule has 0 amide bonds. The first kappa shape index (κ1) is 23.2. The van der Waals surface area contributed by atoms with E-state index in [9.17, 15) is 0 Å². The Hall–Kier alpha value is -3.59. The molecular formula is C32H36N3+. The first-order valence-electron chi connectivity index (χ1n) is 12.7. The lowest BCUT2D eigenvalue weighted by molar-refractivity contribution is -0.634. The summed E-state index contributed by atoms with van der Waals surface area (Å²) >= 11 is 0. The second-order valence-corrected chi connectivity index (χ2v) is 10.3. The summed E-state index contributed by atoms with van der Waals surface area (Å²) in [4.78, 5) is 0. The van der Waals surface area contributed by atoms with E-state index >= 15 is 0 Å². The van der Waals surface area contributed by atoms with Crippen molar-refractivity contribution in [3.05, 3.63) is 101 Å². The monoisotopic (exact) mass is 462 g/mol. The van der Waals surface area contributed by atoms with Crippen LogP contribution < -0.4 is 4.57 Å². The van der Waals surface area contributed by atoms with Crippen LogP contribution in [0.3, 0.4) is 0 Å². The lowest BCUT2D eigenvalue weighted by Gasteiger charge is -2.23. The SMILES string of the molecule is Cc1cc(C)n(-c2c(C(C)C)cccc2C(C)C)c1-c1n(-c2ccccc2)c2ccccc2[n+]1C. The predicted octanol–water partition coefficient (Wildman–Crippen LogP) is 7.78. The number of para-hydroxylation sites is 4. The maximum Gasteiger partial charge on any atom is 0.312 e. The summed E-state index contributed by atoms with van der Waals surface area (Å²) in [6, 6.07) is 28.6. The van der Waals surface area contributed by atoms with Crippen molar-refractivity contribution >= 4 is 11.0 Å². The van der Waals surface area contributed by atoms with Crippen LogP contribution in [-0.2, 0) is 7.05 Å². The minimum atomic E-state index is 0.424. The summed E-state index contributed by atoms with van der Waals surface area (Å²) in [5.41, 5.74) is 11.5. The van der Waals surface area contributed by atoms with Crippen LogP contribution >= 0.6 is 0 Å². The molecule has 0 N–H and O–H groups in total. The Labute approximate surface area is 209 Å². The van der Waals surface area contributed by atoms with Crippen molar-refractivity contribution in [3.63, 3.8) is 0 Å². The van der Waals surface area contributed by atoms with Gasteiger partial charge in [-0.25, -0.2) is 4.57 Å². The molecule has 0 radical (unpaired) electrons. The average molecular weight is 463 g/mol. The molecule has 0 fully saturated rings. The number of nitrogens with zero attached hydrogens (tertiary/aromatic N) is 3. The molecule has 0 spiro atoms. The standard InChI is InChI=1S/C32H36N3/c1-21(2)26-16-13-17-27(22(3)4)31(26)34-24(6)20-23(5)30(34)32-33(7)28-18-11-12-19-29(28)35(32)25-14-9-8-10-15-25/h8-22H,1-7H3/q+1. The molecule has 0 unspecified atom stereocenters. The zero-order valence-corrected chi connectivity index (χ0v) is 22.0. The second kappa shape index (κ2) is 8.88. The first-order valence-corrected chi connectivity index (χ1v) is 12.7. The normalized spacial score (nSPS) is 11.8. The zero-order chi connectivity index (χ0) is 24.9. The summed E-state index contributed by atoms with van der Waals surface area (Å²) in [6.45, 7) is 13.7.